The molecule has 1 aliphatic carbocycles. The van der Waals surface area contributed by atoms with E-state index in [1.165, 1.54) is 12.8 Å². The number of nitrogens with one attached hydrogen (secondary N) is 1. The number of carbonyl (C=O) groups is 1. The third-order valence-corrected chi connectivity index (χ3v) is 4.64. The first-order valence-corrected chi connectivity index (χ1v) is 7.54. The fraction of sp³-hybridized carbons (Fsp3) is 0.417. The van der Waals surface area contributed by atoms with E-state index in [9.17, 15) is 4.79 Å². The Bertz CT molecular complexity index is 435. The molecular weight excluding hydrogens is 369 g/mol. The van der Waals surface area contributed by atoms with Gasteiger partial charge in [-0.25, -0.2) is 0 Å². The van der Waals surface area contributed by atoms with Crippen LogP contribution in [0.2, 0.25) is 5.02 Å². The molecule has 1 saturated carbocycles. The molecule has 1 aromatic carbocycles. The molecular formula is C12H12Br2ClNO. The van der Waals surface area contributed by atoms with Crippen LogP contribution in [0.1, 0.15) is 23.2 Å². The Hall–Kier alpha value is -0.0600. The number of halogens is 3. The quantitative estimate of drug-likeness (QED) is 0.785. The van der Waals surface area contributed by atoms with Crippen molar-refractivity contribution in [2.75, 3.05) is 6.54 Å². The van der Waals surface area contributed by atoms with Gasteiger partial charge in [0.1, 0.15) is 0 Å². The standard InChI is InChI=1S/C12H12Br2ClNO/c13-8-3-4-9(11(15)5-8)12(17)16-6-10(14)7-1-2-7/h3-5,7,10H,1-2,6H2,(H,16,17). The van der Waals surface area contributed by atoms with Crippen LogP contribution >= 0.6 is 43.5 Å². The largest absolute Gasteiger partial charge is 0.351 e. The predicted octanol–water partition coefficient (Wildman–Crippen LogP) is 4.01. The number of amides is 1. The molecule has 1 atom stereocenters. The lowest BCUT2D eigenvalue weighted by atomic mass is 10.2. The minimum absolute atomic E-state index is 0.118. The summed E-state index contributed by atoms with van der Waals surface area (Å²) in [4.78, 5) is 12.3. The van der Waals surface area contributed by atoms with E-state index >= 15 is 0 Å². The van der Waals surface area contributed by atoms with Crippen molar-refractivity contribution in [3.63, 3.8) is 0 Å². The molecule has 0 aromatic heterocycles. The van der Waals surface area contributed by atoms with Gasteiger partial charge in [0.25, 0.3) is 5.91 Å². The predicted molar refractivity (Wildman–Crippen MR) is 76.9 cm³/mol. The van der Waals surface area contributed by atoms with Crippen LogP contribution in [0.25, 0.3) is 0 Å². The van der Waals surface area contributed by atoms with Crippen LogP contribution in [0.3, 0.4) is 0 Å². The Balaban J connectivity index is 1.94. The van der Waals surface area contributed by atoms with E-state index in [1.54, 1.807) is 12.1 Å². The molecule has 1 aromatic rings. The molecule has 0 saturated heterocycles. The van der Waals surface area contributed by atoms with E-state index in [0.717, 1.165) is 10.4 Å². The SMILES string of the molecule is O=C(NCC(Br)C1CC1)c1ccc(Br)cc1Cl. The van der Waals surface area contributed by atoms with Crippen LogP contribution in [-0.4, -0.2) is 17.3 Å². The highest BCUT2D eigenvalue weighted by Gasteiger charge is 2.29. The zero-order chi connectivity index (χ0) is 12.4. The van der Waals surface area contributed by atoms with Crippen LogP contribution in [0.5, 0.6) is 0 Å². The first kappa shape index (κ1) is 13.4. The number of carbonyl (C=O) groups excluding carboxylic acids is 1. The van der Waals surface area contributed by atoms with Gasteiger partial charge >= 0.3 is 0 Å². The molecule has 92 valence electrons. The molecule has 1 N–H and O–H groups in total. The number of rotatable bonds is 4. The van der Waals surface area contributed by atoms with Gasteiger partial charge in [0.05, 0.1) is 10.6 Å². The molecule has 1 unspecified atom stereocenters. The molecule has 2 nitrogen and oxygen atoms in total. The number of hydrogen-bond donors (Lipinski definition) is 1. The Labute approximate surface area is 122 Å². The highest BCUT2D eigenvalue weighted by Crippen LogP contribution is 2.36. The Kier molecular flexibility index (Phi) is 4.50. The zero-order valence-corrected chi connectivity index (χ0v) is 13.0. The van der Waals surface area contributed by atoms with E-state index < -0.39 is 0 Å². The smallest absolute Gasteiger partial charge is 0.252 e. The number of alkyl halides is 1. The fourth-order valence-corrected chi connectivity index (χ4v) is 3.03. The first-order chi connectivity index (χ1) is 8.08. The van der Waals surface area contributed by atoms with Crippen molar-refractivity contribution in [2.24, 2.45) is 5.92 Å². The van der Waals surface area contributed by atoms with Gasteiger partial charge in [-0.2, -0.15) is 0 Å². The molecule has 0 aliphatic heterocycles. The van der Waals surface area contributed by atoms with Crippen LogP contribution < -0.4 is 5.32 Å². The van der Waals surface area contributed by atoms with E-state index in [0.29, 0.717) is 22.0 Å². The van der Waals surface area contributed by atoms with Gasteiger partial charge in [-0.05, 0) is 37.0 Å². The van der Waals surface area contributed by atoms with Crippen LogP contribution in [0, 0.1) is 5.92 Å². The highest BCUT2D eigenvalue weighted by molar-refractivity contribution is 9.10. The summed E-state index contributed by atoms with van der Waals surface area (Å²) < 4.78 is 0.871. The molecule has 1 amide bonds. The zero-order valence-electron chi connectivity index (χ0n) is 9.05. The van der Waals surface area contributed by atoms with Crippen molar-refractivity contribution >= 4 is 49.4 Å². The van der Waals surface area contributed by atoms with Gasteiger partial charge < -0.3 is 5.32 Å². The van der Waals surface area contributed by atoms with Crippen molar-refractivity contribution in [1.82, 2.24) is 5.32 Å². The second-order valence-electron chi connectivity index (χ2n) is 4.19. The normalized spacial score (nSPS) is 16.6. The van der Waals surface area contributed by atoms with Crippen molar-refractivity contribution in [3.8, 4) is 0 Å². The van der Waals surface area contributed by atoms with Gasteiger partial charge in [-0.3, -0.25) is 4.79 Å². The Morgan fingerprint density at radius 1 is 1.53 bits per heavy atom. The summed E-state index contributed by atoms with van der Waals surface area (Å²) in [5, 5.41) is 3.36. The van der Waals surface area contributed by atoms with Gasteiger partial charge in [0, 0.05) is 15.8 Å². The van der Waals surface area contributed by atoms with Crippen molar-refractivity contribution in [2.45, 2.75) is 17.7 Å². The molecule has 1 fully saturated rings. The average molecular weight is 381 g/mol. The van der Waals surface area contributed by atoms with Gasteiger partial charge in [0.2, 0.25) is 0 Å². The third kappa shape index (κ3) is 3.70. The summed E-state index contributed by atoms with van der Waals surface area (Å²) in [5.74, 6) is 0.600. The number of hydrogen-bond acceptors (Lipinski definition) is 1. The minimum atomic E-state index is -0.118. The van der Waals surface area contributed by atoms with Crippen molar-refractivity contribution in [3.05, 3.63) is 33.3 Å². The summed E-state index contributed by atoms with van der Waals surface area (Å²) >= 11 is 12.9. The molecule has 0 bridgehead atoms. The lowest BCUT2D eigenvalue weighted by molar-refractivity contribution is 0.0953. The molecule has 17 heavy (non-hydrogen) atoms. The van der Waals surface area contributed by atoms with E-state index in [2.05, 4.69) is 37.2 Å². The summed E-state index contributed by atoms with van der Waals surface area (Å²) in [6, 6.07) is 5.26. The molecule has 0 heterocycles. The number of benzene rings is 1. The van der Waals surface area contributed by atoms with Crippen molar-refractivity contribution < 1.29 is 4.79 Å². The van der Waals surface area contributed by atoms with Crippen molar-refractivity contribution in [1.29, 1.82) is 0 Å². The maximum Gasteiger partial charge on any atom is 0.252 e. The summed E-state index contributed by atoms with van der Waals surface area (Å²) in [5.41, 5.74) is 0.519. The lowest BCUT2D eigenvalue weighted by Gasteiger charge is -2.10. The maximum atomic E-state index is 11.9. The van der Waals surface area contributed by atoms with Crippen LogP contribution in [-0.2, 0) is 0 Å². The Morgan fingerprint density at radius 2 is 2.24 bits per heavy atom. The molecule has 1 aliphatic rings. The third-order valence-electron chi connectivity index (χ3n) is 2.77. The van der Waals surface area contributed by atoms with Gasteiger partial charge in [0.15, 0.2) is 0 Å². The summed E-state index contributed by atoms with van der Waals surface area (Å²) in [7, 11) is 0. The van der Waals surface area contributed by atoms with E-state index in [1.807, 2.05) is 6.07 Å². The molecule has 0 radical (unpaired) electrons. The lowest BCUT2D eigenvalue weighted by Crippen LogP contribution is -2.30. The Morgan fingerprint density at radius 3 is 2.82 bits per heavy atom. The second kappa shape index (κ2) is 5.72. The van der Waals surface area contributed by atoms with Crippen LogP contribution in [0.15, 0.2) is 22.7 Å². The van der Waals surface area contributed by atoms with Gasteiger partial charge in [-0.15, -0.1) is 0 Å². The van der Waals surface area contributed by atoms with Gasteiger partial charge in [-0.1, -0.05) is 43.5 Å². The summed E-state index contributed by atoms with van der Waals surface area (Å²) in [6.45, 7) is 0.649. The molecule has 2 rings (SSSR count). The summed E-state index contributed by atoms with van der Waals surface area (Å²) in [6.07, 6.45) is 2.51. The molecule has 0 spiro atoms. The van der Waals surface area contributed by atoms with E-state index in [-0.39, 0.29) is 5.91 Å². The van der Waals surface area contributed by atoms with E-state index in [4.69, 9.17) is 11.6 Å². The monoisotopic (exact) mass is 379 g/mol. The minimum Gasteiger partial charge on any atom is -0.351 e. The highest BCUT2D eigenvalue weighted by atomic mass is 79.9. The average Bonchev–Trinajstić information content (AvgIpc) is 3.09. The second-order valence-corrected chi connectivity index (χ2v) is 6.69. The van der Waals surface area contributed by atoms with Crippen LogP contribution in [0.4, 0.5) is 0 Å². The maximum absolute atomic E-state index is 11.9. The first-order valence-electron chi connectivity index (χ1n) is 5.45. The molecule has 5 heteroatoms. The fourth-order valence-electron chi connectivity index (χ4n) is 1.58. The topological polar surface area (TPSA) is 29.1 Å².